The summed E-state index contributed by atoms with van der Waals surface area (Å²) in [6.45, 7) is 7.11. The van der Waals surface area contributed by atoms with E-state index in [2.05, 4.69) is 50.4 Å². The topological polar surface area (TPSA) is 47.6 Å². The van der Waals surface area contributed by atoms with E-state index in [4.69, 9.17) is 9.47 Å². The van der Waals surface area contributed by atoms with Crippen LogP contribution in [0.3, 0.4) is 0 Å². The fourth-order valence-electron chi connectivity index (χ4n) is 3.92. The van der Waals surface area contributed by atoms with Crippen molar-refractivity contribution in [2.24, 2.45) is 0 Å². The van der Waals surface area contributed by atoms with Crippen LogP contribution < -0.4 is 10.1 Å². The summed E-state index contributed by atoms with van der Waals surface area (Å²) in [5.41, 5.74) is 7.84. The Morgan fingerprint density at radius 3 is 2.72 bits per heavy atom. The highest BCUT2D eigenvalue weighted by Crippen LogP contribution is 2.46. The molecule has 2 aliphatic rings. The number of esters is 1. The van der Waals surface area contributed by atoms with Gasteiger partial charge in [0.25, 0.3) is 0 Å². The molecule has 0 saturated carbocycles. The van der Waals surface area contributed by atoms with E-state index in [9.17, 15) is 4.79 Å². The molecule has 1 aliphatic heterocycles. The molecule has 0 aromatic heterocycles. The number of nitrogens with one attached hydrogen (secondary N) is 1. The van der Waals surface area contributed by atoms with Crippen molar-refractivity contribution < 1.29 is 14.3 Å². The van der Waals surface area contributed by atoms with Gasteiger partial charge in [-0.25, -0.2) is 4.79 Å². The Morgan fingerprint density at radius 1 is 1.17 bits per heavy atom. The highest BCUT2D eigenvalue weighted by Gasteiger charge is 2.29. The molecule has 29 heavy (non-hydrogen) atoms. The van der Waals surface area contributed by atoms with Crippen molar-refractivity contribution in [3.05, 3.63) is 87.7 Å². The first-order chi connectivity index (χ1) is 14.0. The lowest BCUT2D eigenvalue weighted by molar-refractivity contribution is 0.0600. The molecular formula is C25H25NO3. The van der Waals surface area contributed by atoms with Crippen LogP contribution in [0.5, 0.6) is 5.75 Å². The maximum Gasteiger partial charge on any atom is 0.338 e. The van der Waals surface area contributed by atoms with Crippen LogP contribution in [-0.2, 0) is 4.74 Å². The molecule has 1 aliphatic carbocycles. The number of allylic oxidation sites excluding steroid dienone is 3. The summed E-state index contributed by atoms with van der Waals surface area (Å²) >= 11 is 0. The van der Waals surface area contributed by atoms with Crippen LogP contribution in [0.2, 0.25) is 0 Å². The monoisotopic (exact) mass is 387 g/mol. The second-order valence-corrected chi connectivity index (χ2v) is 7.38. The summed E-state index contributed by atoms with van der Waals surface area (Å²) in [4.78, 5) is 12.5. The first-order valence-electron chi connectivity index (χ1n) is 9.90. The zero-order valence-electron chi connectivity index (χ0n) is 17.3. The first-order valence-corrected chi connectivity index (χ1v) is 9.90. The van der Waals surface area contributed by atoms with Crippen molar-refractivity contribution in [3.8, 4) is 5.75 Å². The van der Waals surface area contributed by atoms with E-state index in [1.807, 2.05) is 24.3 Å². The molecule has 4 rings (SSSR count). The molecule has 0 atom stereocenters. The van der Waals surface area contributed by atoms with E-state index in [1.54, 1.807) is 0 Å². The quantitative estimate of drug-likeness (QED) is 0.690. The summed E-state index contributed by atoms with van der Waals surface area (Å²) < 4.78 is 11.4. The molecular weight excluding hydrogens is 362 g/mol. The molecule has 1 heterocycles. The molecule has 0 amide bonds. The van der Waals surface area contributed by atoms with Gasteiger partial charge in [-0.2, -0.15) is 0 Å². The average Bonchev–Trinajstić information content (AvgIpc) is 2.73. The summed E-state index contributed by atoms with van der Waals surface area (Å²) in [5, 5.41) is 3.40. The number of methoxy groups -OCH3 is 1. The standard InChI is InChI=1S/C25H25NO3/c1-5-26-21-14-23-20(13-16(21)3)24(19-12-15(2)10-11-22(19)29-23)17-8-6-7-9-18(17)25(27)28-4/h6-9,11-14,26H,5,10H2,1-4H3. The normalized spacial score (nSPS) is 14.9. The fraction of sp³-hybridized carbons (Fsp3) is 0.240. The van der Waals surface area contributed by atoms with Crippen molar-refractivity contribution in [3.63, 3.8) is 0 Å². The summed E-state index contributed by atoms with van der Waals surface area (Å²) in [7, 11) is 1.41. The molecule has 0 spiro atoms. The van der Waals surface area contributed by atoms with Crippen LogP contribution in [0.4, 0.5) is 5.69 Å². The van der Waals surface area contributed by atoms with Crippen LogP contribution in [-0.4, -0.2) is 19.6 Å². The van der Waals surface area contributed by atoms with Gasteiger partial charge in [-0.1, -0.05) is 29.8 Å². The van der Waals surface area contributed by atoms with Gasteiger partial charge in [-0.05, 0) is 56.5 Å². The number of rotatable bonds is 4. The number of carbonyl (C=O) groups is 1. The number of carbonyl (C=O) groups excluding carboxylic acids is 1. The minimum Gasteiger partial charge on any atom is -0.465 e. The van der Waals surface area contributed by atoms with E-state index >= 15 is 0 Å². The van der Waals surface area contributed by atoms with Crippen molar-refractivity contribution in [2.75, 3.05) is 19.0 Å². The summed E-state index contributed by atoms with van der Waals surface area (Å²) in [6, 6.07) is 11.8. The molecule has 0 bridgehead atoms. The molecule has 148 valence electrons. The summed E-state index contributed by atoms with van der Waals surface area (Å²) in [6.07, 6.45) is 5.13. The molecule has 2 aromatic rings. The number of fused-ring (bicyclic) bond motifs is 2. The van der Waals surface area contributed by atoms with E-state index in [0.29, 0.717) is 5.56 Å². The van der Waals surface area contributed by atoms with Crippen molar-refractivity contribution in [2.45, 2.75) is 27.2 Å². The third-order valence-electron chi connectivity index (χ3n) is 5.32. The number of aryl methyl sites for hydroxylation is 1. The van der Waals surface area contributed by atoms with Gasteiger partial charge in [-0.3, -0.25) is 0 Å². The number of ether oxygens (including phenoxy) is 2. The highest BCUT2D eigenvalue weighted by molar-refractivity contribution is 6.01. The number of hydrogen-bond donors (Lipinski definition) is 1. The number of hydrogen-bond acceptors (Lipinski definition) is 4. The van der Waals surface area contributed by atoms with Gasteiger partial charge in [0.15, 0.2) is 0 Å². The largest absolute Gasteiger partial charge is 0.465 e. The minimum absolute atomic E-state index is 0.343. The van der Waals surface area contributed by atoms with Crippen LogP contribution in [0.25, 0.3) is 5.57 Å². The van der Waals surface area contributed by atoms with Gasteiger partial charge in [0.2, 0.25) is 0 Å². The predicted octanol–water partition coefficient (Wildman–Crippen LogP) is 5.64. The third kappa shape index (κ3) is 3.35. The molecule has 0 unspecified atom stereocenters. The molecule has 0 fully saturated rings. The Hall–Kier alpha value is -3.27. The van der Waals surface area contributed by atoms with E-state index in [0.717, 1.165) is 58.0 Å². The lowest BCUT2D eigenvalue weighted by atomic mass is 9.84. The zero-order chi connectivity index (χ0) is 20.5. The van der Waals surface area contributed by atoms with Gasteiger partial charge >= 0.3 is 5.97 Å². The molecule has 4 heteroatoms. The number of benzene rings is 2. The van der Waals surface area contributed by atoms with E-state index in [1.165, 1.54) is 12.7 Å². The smallest absolute Gasteiger partial charge is 0.338 e. The Morgan fingerprint density at radius 2 is 1.97 bits per heavy atom. The Kier molecular flexibility index (Phi) is 5.01. The van der Waals surface area contributed by atoms with Gasteiger partial charge in [0.1, 0.15) is 11.5 Å². The molecule has 0 saturated heterocycles. The third-order valence-corrected chi connectivity index (χ3v) is 5.32. The molecule has 4 nitrogen and oxygen atoms in total. The van der Waals surface area contributed by atoms with Crippen molar-refractivity contribution in [1.82, 2.24) is 0 Å². The molecule has 1 N–H and O–H groups in total. The zero-order valence-corrected chi connectivity index (χ0v) is 17.3. The Labute approximate surface area is 171 Å². The maximum absolute atomic E-state index is 12.5. The van der Waals surface area contributed by atoms with Gasteiger partial charge in [0, 0.05) is 35.0 Å². The Bertz CT molecular complexity index is 1090. The maximum atomic E-state index is 12.5. The second-order valence-electron chi connectivity index (χ2n) is 7.38. The van der Waals surface area contributed by atoms with Crippen molar-refractivity contribution in [1.29, 1.82) is 0 Å². The SMILES string of the molecule is CCNc1cc2c(cc1C)C(c1ccccc1C(=O)OC)=C1C=C(C)CC=C1O2. The highest BCUT2D eigenvalue weighted by atomic mass is 16.5. The lowest BCUT2D eigenvalue weighted by Crippen LogP contribution is -2.15. The number of anilines is 1. The van der Waals surface area contributed by atoms with Gasteiger partial charge in [-0.15, -0.1) is 0 Å². The van der Waals surface area contributed by atoms with Crippen LogP contribution in [0.15, 0.2) is 65.5 Å². The fourth-order valence-corrected chi connectivity index (χ4v) is 3.92. The lowest BCUT2D eigenvalue weighted by Gasteiger charge is -2.29. The predicted molar refractivity (Wildman–Crippen MR) is 116 cm³/mol. The van der Waals surface area contributed by atoms with Gasteiger partial charge in [0.05, 0.1) is 12.7 Å². The molecule has 2 aromatic carbocycles. The van der Waals surface area contributed by atoms with Crippen LogP contribution in [0, 0.1) is 6.92 Å². The second kappa shape index (κ2) is 7.63. The van der Waals surface area contributed by atoms with E-state index < -0.39 is 0 Å². The van der Waals surface area contributed by atoms with Crippen molar-refractivity contribution >= 4 is 17.2 Å². The minimum atomic E-state index is -0.343. The first kappa shape index (κ1) is 19.1. The molecule has 0 radical (unpaired) electrons. The summed E-state index contributed by atoms with van der Waals surface area (Å²) in [5.74, 6) is 1.29. The average molecular weight is 387 g/mol. The Balaban J connectivity index is 2.03. The van der Waals surface area contributed by atoms with E-state index in [-0.39, 0.29) is 5.97 Å². The van der Waals surface area contributed by atoms with Gasteiger partial charge < -0.3 is 14.8 Å². The van der Waals surface area contributed by atoms with Crippen LogP contribution >= 0.6 is 0 Å². The van der Waals surface area contributed by atoms with Crippen LogP contribution in [0.1, 0.15) is 47.3 Å².